The topological polar surface area (TPSA) is 78.7 Å². The predicted molar refractivity (Wildman–Crippen MR) is 95.0 cm³/mol. The zero-order valence-corrected chi connectivity index (χ0v) is 15.3. The molecule has 1 N–H and O–H groups in total. The second kappa shape index (κ2) is 7.39. The Hall–Kier alpha value is -1.89. The molecular weight excluding hydrogens is 332 g/mol. The van der Waals surface area contributed by atoms with Crippen molar-refractivity contribution in [3.63, 3.8) is 0 Å². The number of likely N-dealkylation sites (tertiary alicyclic amines) is 1. The van der Waals surface area contributed by atoms with Crippen molar-refractivity contribution in [2.75, 3.05) is 19.6 Å². The fourth-order valence-corrected chi connectivity index (χ4v) is 3.96. The van der Waals surface area contributed by atoms with Crippen molar-refractivity contribution in [3.05, 3.63) is 17.5 Å². The van der Waals surface area contributed by atoms with Crippen LogP contribution in [0.3, 0.4) is 0 Å². The molecule has 0 spiro atoms. The molecule has 4 rings (SSSR count). The van der Waals surface area contributed by atoms with E-state index in [-0.39, 0.29) is 18.4 Å². The number of carbonyl (C=O) groups is 2. The van der Waals surface area contributed by atoms with Gasteiger partial charge in [-0.25, -0.2) is 0 Å². The van der Waals surface area contributed by atoms with Crippen molar-refractivity contribution in [2.45, 2.75) is 64.1 Å². The van der Waals surface area contributed by atoms with Crippen molar-refractivity contribution in [2.24, 2.45) is 5.92 Å². The summed E-state index contributed by atoms with van der Waals surface area (Å²) in [7, 11) is 0. The molecule has 0 radical (unpaired) electrons. The van der Waals surface area contributed by atoms with Crippen molar-refractivity contribution in [3.8, 4) is 0 Å². The number of amides is 2. The van der Waals surface area contributed by atoms with Gasteiger partial charge in [0.2, 0.25) is 11.8 Å². The Balaban J connectivity index is 1.42. The van der Waals surface area contributed by atoms with Crippen molar-refractivity contribution < 1.29 is 14.7 Å². The molecule has 1 atom stereocenters. The van der Waals surface area contributed by atoms with Gasteiger partial charge >= 0.3 is 0 Å². The molecule has 2 amide bonds. The average molecular weight is 360 g/mol. The third kappa shape index (κ3) is 3.77. The van der Waals surface area contributed by atoms with Gasteiger partial charge in [0, 0.05) is 26.1 Å². The number of aromatic nitrogens is 2. The molecule has 2 fully saturated rings. The van der Waals surface area contributed by atoms with Gasteiger partial charge < -0.3 is 14.9 Å². The van der Waals surface area contributed by atoms with E-state index in [0.717, 1.165) is 56.5 Å². The summed E-state index contributed by atoms with van der Waals surface area (Å²) in [5.74, 6) is 0.464. The first-order valence-electron chi connectivity index (χ1n) is 9.92. The number of hydrogen-bond acceptors (Lipinski definition) is 4. The van der Waals surface area contributed by atoms with Crippen LogP contribution in [0.5, 0.6) is 0 Å². The van der Waals surface area contributed by atoms with Crippen LogP contribution in [0, 0.1) is 5.92 Å². The molecule has 1 aromatic heterocycles. The number of rotatable bonds is 4. The number of aryl methyl sites for hydroxylation is 1. The van der Waals surface area contributed by atoms with Crippen LogP contribution in [0.15, 0.2) is 6.07 Å². The van der Waals surface area contributed by atoms with Crippen LogP contribution in [-0.2, 0) is 22.7 Å². The molecule has 1 saturated carbocycles. The molecular formula is C19H28N4O3. The number of aliphatic hydroxyl groups excluding tert-OH is 1. The second-order valence-corrected chi connectivity index (χ2v) is 7.86. The molecule has 0 bridgehead atoms. The van der Waals surface area contributed by atoms with Gasteiger partial charge in [0.1, 0.15) is 6.10 Å². The maximum absolute atomic E-state index is 12.8. The minimum Gasteiger partial charge on any atom is -0.386 e. The minimum absolute atomic E-state index is 0.0131. The molecule has 1 saturated heterocycles. The highest BCUT2D eigenvalue weighted by Gasteiger charge is 2.33. The monoisotopic (exact) mass is 360 g/mol. The SMILES string of the molecule is O=C1CCCCCN1CC(=O)N1CCCn2nc(C(O)C3CC3)cc2C1. The van der Waals surface area contributed by atoms with Crippen LogP contribution in [0.1, 0.15) is 62.4 Å². The molecule has 0 aromatic carbocycles. The van der Waals surface area contributed by atoms with Crippen LogP contribution >= 0.6 is 0 Å². The molecule has 3 heterocycles. The van der Waals surface area contributed by atoms with Crippen molar-refractivity contribution in [1.82, 2.24) is 19.6 Å². The van der Waals surface area contributed by atoms with Crippen LogP contribution in [0.25, 0.3) is 0 Å². The van der Waals surface area contributed by atoms with Gasteiger partial charge in [0.05, 0.1) is 24.5 Å². The van der Waals surface area contributed by atoms with E-state index in [0.29, 0.717) is 32.0 Å². The first-order chi connectivity index (χ1) is 12.6. The van der Waals surface area contributed by atoms with Gasteiger partial charge in [0.25, 0.3) is 0 Å². The lowest BCUT2D eigenvalue weighted by Gasteiger charge is -2.25. The van der Waals surface area contributed by atoms with Gasteiger partial charge in [-0.3, -0.25) is 14.3 Å². The van der Waals surface area contributed by atoms with Crippen molar-refractivity contribution in [1.29, 1.82) is 0 Å². The minimum atomic E-state index is -0.478. The Bertz CT molecular complexity index is 682. The Labute approximate surface area is 153 Å². The fraction of sp³-hybridized carbons (Fsp3) is 0.737. The Kier molecular flexibility index (Phi) is 4.98. The average Bonchev–Trinajstić information content (AvgIpc) is 3.44. The highest BCUT2D eigenvalue weighted by atomic mass is 16.3. The predicted octanol–water partition coefficient (Wildman–Crippen LogP) is 1.46. The first-order valence-corrected chi connectivity index (χ1v) is 9.92. The van der Waals surface area contributed by atoms with Crippen LogP contribution in [-0.4, -0.2) is 56.1 Å². The normalized spacial score (nSPS) is 22.6. The van der Waals surface area contributed by atoms with Crippen molar-refractivity contribution >= 4 is 11.8 Å². The summed E-state index contributed by atoms with van der Waals surface area (Å²) in [5.41, 5.74) is 1.72. The first kappa shape index (κ1) is 17.5. The summed E-state index contributed by atoms with van der Waals surface area (Å²) >= 11 is 0. The summed E-state index contributed by atoms with van der Waals surface area (Å²) < 4.78 is 1.94. The summed E-state index contributed by atoms with van der Waals surface area (Å²) in [6.07, 6.45) is 6.03. The Morgan fingerprint density at radius 3 is 2.85 bits per heavy atom. The molecule has 142 valence electrons. The summed E-state index contributed by atoms with van der Waals surface area (Å²) in [6, 6.07) is 1.95. The summed E-state index contributed by atoms with van der Waals surface area (Å²) in [4.78, 5) is 28.5. The van der Waals surface area contributed by atoms with Crippen LogP contribution in [0.2, 0.25) is 0 Å². The maximum Gasteiger partial charge on any atom is 0.242 e. The maximum atomic E-state index is 12.8. The van der Waals surface area contributed by atoms with E-state index in [1.165, 1.54) is 0 Å². The number of carbonyl (C=O) groups excluding carboxylic acids is 2. The van der Waals surface area contributed by atoms with E-state index in [9.17, 15) is 14.7 Å². The lowest BCUT2D eigenvalue weighted by molar-refractivity contribution is -0.140. The molecule has 2 aliphatic heterocycles. The largest absolute Gasteiger partial charge is 0.386 e. The quantitative estimate of drug-likeness (QED) is 0.882. The van der Waals surface area contributed by atoms with Gasteiger partial charge in [-0.1, -0.05) is 6.42 Å². The van der Waals surface area contributed by atoms with E-state index in [1.807, 2.05) is 15.6 Å². The molecule has 7 nitrogen and oxygen atoms in total. The third-order valence-electron chi connectivity index (χ3n) is 5.75. The van der Waals surface area contributed by atoms with E-state index in [4.69, 9.17) is 0 Å². The summed E-state index contributed by atoms with van der Waals surface area (Å²) in [6.45, 7) is 2.83. The lowest BCUT2D eigenvalue weighted by atomic mass is 10.1. The number of aliphatic hydroxyl groups is 1. The molecule has 7 heteroatoms. The smallest absolute Gasteiger partial charge is 0.242 e. The van der Waals surface area contributed by atoms with E-state index >= 15 is 0 Å². The lowest BCUT2D eigenvalue weighted by Crippen LogP contribution is -2.42. The fourth-order valence-electron chi connectivity index (χ4n) is 3.96. The second-order valence-electron chi connectivity index (χ2n) is 7.86. The van der Waals surface area contributed by atoms with E-state index in [1.54, 1.807) is 4.90 Å². The molecule has 3 aliphatic rings. The highest BCUT2D eigenvalue weighted by molar-refractivity contribution is 5.85. The number of hydrogen-bond donors (Lipinski definition) is 1. The molecule has 26 heavy (non-hydrogen) atoms. The van der Waals surface area contributed by atoms with Crippen LogP contribution in [0.4, 0.5) is 0 Å². The van der Waals surface area contributed by atoms with E-state index < -0.39 is 6.10 Å². The number of nitrogens with zero attached hydrogens (tertiary/aromatic N) is 4. The zero-order chi connectivity index (χ0) is 18.1. The number of fused-ring (bicyclic) bond motifs is 1. The van der Waals surface area contributed by atoms with Gasteiger partial charge in [-0.15, -0.1) is 0 Å². The van der Waals surface area contributed by atoms with Crippen LogP contribution < -0.4 is 0 Å². The van der Waals surface area contributed by atoms with E-state index in [2.05, 4.69) is 5.10 Å². The third-order valence-corrected chi connectivity index (χ3v) is 5.75. The summed E-state index contributed by atoms with van der Waals surface area (Å²) in [5, 5.41) is 14.9. The Morgan fingerprint density at radius 1 is 1.19 bits per heavy atom. The highest BCUT2D eigenvalue weighted by Crippen LogP contribution is 2.40. The molecule has 1 aromatic rings. The van der Waals surface area contributed by atoms with Gasteiger partial charge in [-0.05, 0) is 44.1 Å². The van der Waals surface area contributed by atoms with Gasteiger partial charge in [-0.2, -0.15) is 5.10 Å². The van der Waals surface area contributed by atoms with Gasteiger partial charge in [0.15, 0.2) is 0 Å². The Morgan fingerprint density at radius 2 is 2.04 bits per heavy atom. The zero-order valence-electron chi connectivity index (χ0n) is 15.3. The standard InChI is InChI=1S/C19H28N4O3/c24-17-5-2-1-3-8-22(17)13-18(25)21-9-4-10-23-15(12-21)11-16(20-23)19(26)14-6-7-14/h11,14,19,26H,1-10,12-13H2. The molecule has 1 aliphatic carbocycles. The molecule has 1 unspecified atom stereocenters.